The summed E-state index contributed by atoms with van der Waals surface area (Å²) in [7, 11) is -2.31. The predicted octanol–water partition coefficient (Wildman–Crippen LogP) is 2.47. The van der Waals surface area contributed by atoms with Gasteiger partial charge in [0.25, 0.3) is 0 Å². The van der Waals surface area contributed by atoms with E-state index < -0.39 is 22.2 Å². The number of likely N-dealkylation sites (N-methyl/N-ethyl adjacent to an activating group) is 1. The highest BCUT2D eigenvalue weighted by atomic mass is 32.2. The number of fused-ring (bicyclic) bond motifs is 1. The first-order valence-electron chi connectivity index (χ1n) is 11.0. The molecule has 3 atom stereocenters. The molecular formula is C25H29FN2O5S. The second-order valence-corrected chi connectivity index (χ2v) is 10.4. The lowest BCUT2D eigenvalue weighted by atomic mass is 10.0. The van der Waals surface area contributed by atoms with Gasteiger partial charge in [0.1, 0.15) is 22.6 Å². The summed E-state index contributed by atoms with van der Waals surface area (Å²) in [5.74, 6) is 5.26. The van der Waals surface area contributed by atoms with Crippen molar-refractivity contribution >= 4 is 15.9 Å². The van der Waals surface area contributed by atoms with E-state index in [0.29, 0.717) is 11.1 Å². The summed E-state index contributed by atoms with van der Waals surface area (Å²) in [6.07, 6.45) is -0.489. The molecule has 1 N–H and O–H groups in total. The Morgan fingerprint density at radius 1 is 1.24 bits per heavy atom. The summed E-state index contributed by atoms with van der Waals surface area (Å²) in [6, 6.07) is 9.69. The third kappa shape index (κ3) is 5.76. The molecule has 34 heavy (non-hydrogen) atoms. The van der Waals surface area contributed by atoms with E-state index in [9.17, 15) is 22.7 Å². The van der Waals surface area contributed by atoms with Gasteiger partial charge < -0.3 is 14.7 Å². The summed E-state index contributed by atoms with van der Waals surface area (Å²) in [5, 5.41) is 9.71. The van der Waals surface area contributed by atoms with Crippen molar-refractivity contribution in [3.8, 4) is 17.6 Å². The van der Waals surface area contributed by atoms with Gasteiger partial charge in [-0.1, -0.05) is 18.8 Å². The fourth-order valence-corrected chi connectivity index (χ4v) is 5.42. The van der Waals surface area contributed by atoms with E-state index >= 15 is 0 Å². The molecule has 0 fully saturated rings. The molecule has 0 spiro atoms. The standard InChI is InChI=1S/C25H29FN2O5S/c1-17-14-28(18(2)16-29)34(31,32)25-12-9-21(6-5-20-7-10-22(26)11-8-20)13-23(25)33-24(17)15-27(4)19(3)30/h7-13,17-18,24,29H,14-16H2,1-4H3/t17-,18+,24-/m0/s1. The molecule has 0 radical (unpaired) electrons. The van der Waals surface area contributed by atoms with Crippen molar-refractivity contribution in [2.24, 2.45) is 5.92 Å². The van der Waals surface area contributed by atoms with Gasteiger partial charge in [-0.25, -0.2) is 12.8 Å². The van der Waals surface area contributed by atoms with Crippen LogP contribution in [0.15, 0.2) is 47.4 Å². The quantitative estimate of drug-likeness (QED) is 0.669. The van der Waals surface area contributed by atoms with Gasteiger partial charge in [-0.2, -0.15) is 4.31 Å². The Kier molecular flexibility index (Phi) is 7.97. The van der Waals surface area contributed by atoms with Crippen LogP contribution in [0.4, 0.5) is 4.39 Å². The number of hydrogen-bond donors (Lipinski definition) is 1. The first-order valence-corrected chi connectivity index (χ1v) is 12.4. The molecule has 1 heterocycles. The lowest BCUT2D eigenvalue weighted by Crippen LogP contribution is -2.50. The molecule has 0 aliphatic carbocycles. The van der Waals surface area contributed by atoms with Crippen molar-refractivity contribution in [2.75, 3.05) is 26.7 Å². The molecule has 0 unspecified atom stereocenters. The zero-order valence-electron chi connectivity index (χ0n) is 19.7. The van der Waals surface area contributed by atoms with Crippen LogP contribution in [-0.2, 0) is 14.8 Å². The lowest BCUT2D eigenvalue weighted by Gasteiger charge is -2.37. The zero-order chi connectivity index (χ0) is 25.0. The maximum Gasteiger partial charge on any atom is 0.247 e. The van der Waals surface area contributed by atoms with Crippen LogP contribution in [0.2, 0.25) is 0 Å². The topological polar surface area (TPSA) is 87.2 Å². The van der Waals surface area contributed by atoms with Crippen molar-refractivity contribution in [2.45, 2.75) is 37.8 Å². The van der Waals surface area contributed by atoms with E-state index in [1.54, 1.807) is 38.2 Å². The van der Waals surface area contributed by atoms with Crippen LogP contribution < -0.4 is 4.74 Å². The molecule has 0 saturated carbocycles. The van der Waals surface area contributed by atoms with E-state index in [0.717, 1.165) is 0 Å². The van der Waals surface area contributed by atoms with Crippen molar-refractivity contribution < 1.29 is 27.4 Å². The number of hydrogen-bond acceptors (Lipinski definition) is 5. The predicted molar refractivity (Wildman–Crippen MR) is 126 cm³/mol. The van der Waals surface area contributed by atoms with Gasteiger partial charge in [0, 0.05) is 43.6 Å². The molecule has 9 heteroatoms. The molecule has 1 aliphatic heterocycles. The summed E-state index contributed by atoms with van der Waals surface area (Å²) < 4.78 is 47.6. The fraction of sp³-hybridized carbons (Fsp3) is 0.400. The van der Waals surface area contributed by atoms with Gasteiger partial charge in [0.15, 0.2) is 0 Å². The molecule has 3 rings (SSSR count). The van der Waals surface area contributed by atoms with Crippen molar-refractivity contribution in [3.05, 3.63) is 59.4 Å². The Bertz CT molecular complexity index is 1200. The van der Waals surface area contributed by atoms with Crippen LogP contribution in [0.5, 0.6) is 5.75 Å². The second-order valence-electron chi connectivity index (χ2n) is 8.56. The third-order valence-electron chi connectivity index (χ3n) is 5.85. The monoisotopic (exact) mass is 488 g/mol. The maximum absolute atomic E-state index is 13.5. The minimum atomic E-state index is -3.97. The van der Waals surface area contributed by atoms with Crippen LogP contribution >= 0.6 is 0 Å². The zero-order valence-corrected chi connectivity index (χ0v) is 20.5. The molecule has 0 bridgehead atoms. The van der Waals surface area contributed by atoms with Gasteiger partial charge in [-0.05, 0) is 49.4 Å². The number of sulfonamides is 1. The van der Waals surface area contributed by atoms with Gasteiger partial charge in [0.2, 0.25) is 15.9 Å². The number of ether oxygens (including phenoxy) is 1. The molecule has 0 aromatic heterocycles. The van der Waals surface area contributed by atoms with E-state index in [4.69, 9.17) is 4.74 Å². The van der Waals surface area contributed by atoms with Crippen LogP contribution in [0, 0.1) is 23.6 Å². The van der Waals surface area contributed by atoms with Crippen molar-refractivity contribution in [1.29, 1.82) is 0 Å². The lowest BCUT2D eigenvalue weighted by molar-refractivity contribution is -0.129. The molecule has 1 amide bonds. The number of carbonyl (C=O) groups excluding carboxylic acids is 1. The molecule has 7 nitrogen and oxygen atoms in total. The summed E-state index contributed by atoms with van der Waals surface area (Å²) >= 11 is 0. The molecule has 2 aromatic rings. The Hall–Kier alpha value is -2.93. The average molecular weight is 489 g/mol. The number of rotatable bonds is 4. The number of benzene rings is 2. The number of halogens is 1. The van der Waals surface area contributed by atoms with Gasteiger partial charge >= 0.3 is 0 Å². The summed E-state index contributed by atoms with van der Waals surface area (Å²) in [5.41, 5.74) is 1.13. The van der Waals surface area contributed by atoms with E-state index in [1.165, 1.54) is 34.3 Å². The van der Waals surface area contributed by atoms with E-state index in [1.807, 2.05) is 6.92 Å². The SMILES string of the molecule is CC(=O)N(C)C[C@@H]1Oc2cc(C#Cc3ccc(F)cc3)ccc2S(=O)(=O)N([C@H](C)CO)C[C@@H]1C. The first-order chi connectivity index (χ1) is 16.0. The minimum Gasteiger partial charge on any atom is -0.487 e. The number of nitrogens with zero attached hydrogens (tertiary/aromatic N) is 2. The first kappa shape index (κ1) is 25.7. The fourth-order valence-electron chi connectivity index (χ4n) is 3.60. The molecular weight excluding hydrogens is 459 g/mol. The highest BCUT2D eigenvalue weighted by Crippen LogP contribution is 2.34. The Labute approximate surface area is 200 Å². The van der Waals surface area contributed by atoms with Crippen LogP contribution in [0.3, 0.4) is 0 Å². The highest BCUT2D eigenvalue weighted by Gasteiger charge is 2.38. The number of aliphatic hydroxyl groups is 1. The highest BCUT2D eigenvalue weighted by molar-refractivity contribution is 7.89. The average Bonchev–Trinajstić information content (AvgIpc) is 2.80. The maximum atomic E-state index is 13.5. The normalized spacial score (nSPS) is 20.5. The van der Waals surface area contributed by atoms with Crippen LogP contribution in [0.25, 0.3) is 0 Å². The smallest absolute Gasteiger partial charge is 0.247 e. The molecule has 182 valence electrons. The van der Waals surface area contributed by atoms with Gasteiger partial charge in [-0.15, -0.1) is 0 Å². The Balaban J connectivity index is 2.07. The van der Waals surface area contributed by atoms with Gasteiger partial charge in [0.05, 0.1) is 13.2 Å². The minimum absolute atomic E-state index is 0.0255. The third-order valence-corrected chi connectivity index (χ3v) is 7.87. The van der Waals surface area contributed by atoms with Crippen molar-refractivity contribution in [1.82, 2.24) is 9.21 Å². The van der Waals surface area contributed by atoms with E-state index in [2.05, 4.69) is 11.8 Å². The number of carbonyl (C=O) groups is 1. The van der Waals surface area contributed by atoms with Crippen molar-refractivity contribution in [3.63, 3.8) is 0 Å². The van der Waals surface area contributed by atoms with Crippen LogP contribution in [0.1, 0.15) is 31.9 Å². The van der Waals surface area contributed by atoms with Gasteiger partial charge in [-0.3, -0.25) is 4.79 Å². The van der Waals surface area contributed by atoms with E-state index in [-0.39, 0.29) is 48.0 Å². The number of aliphatic hydroxyl groups excluding tert-OH is 1. The Morgan fingerprint density at radius 2 is 1.85 bits per heavy atom. The molecule has 2 aromatic carbocycles. The Morgan fingerprint density at radius 3 is 2.47 bits per heavy atom. The summed E-state index contributed by atoms with van der Waals surface area (Å²) in [6.45, 7) is 5.02. The van der Waals surface area contributed by atoms with Crippen LogP contribution in [-0.4, -0.2) is 67.5 Å². The molecule has 0 saturated heterocycles. The molecule has 1 aliphatic rings. The largest absolute Gasteiger partial charge is 0.487 e. The number of amides is 1. The second kappa shape index (κ2) is 10.6. The summed E-state index contributed by atoms with van der Waals surface area (Å²) in [4.78, 5) is 13.3.